The zero-order valence-electron chi connectivity index (χ0n) is 12.9. The van der Waals surface area contributed by atoms with Crippen LogP contribution in [0.25, 0.3) is 11.1 Å². The molecule has 0 saturated carbocycles. The second kappa shape index (κ2) is 6.93. The summed E-state index contributed by atoms with van der Waals surface area (Å²) in [5, 5.41) is 0. The Balaban J connectivity index is 2.01. The number of rotatable bonds is 4. The van der Waals surface area contributed by atoms with Gasteiger partial charge >= 0.3 is 6.18 Å². The maximum atomic E-state index is 14.0. The van der Waals surface area contributed by atoms with Crippen molar-refractivity contribution >= 4 is 0 Å². The van der Waals surface area contributed by atoms with Crippen molar-refractivity contribution in [3.05, 3.63) is 83.9 Å². The lowest BCUT2D eigenvalue weighted by Gasteiger charge is -2.15. The fraction of sp³-hybridized carbons (Fsp3) is 0.105. The van der Waals surface area contributed by atoms with Gasteiger partial charge in [-0.2, -0.15) is 17.6 Å². The Labute approximate surface area is 141 Å². The van der Waals surface area contributed by atoms with E-state index in [9.17, 15) is 17.6 Å². The molecule has 3 rings (SSSR count). The molecule has 128 valence electrons. The zero-order valence-corrected chi connectivity index (χ0v) is 12.9. The molecule has 25 heavy (non-hydrogen) atoms. The third kappa shape index (κ3) is 3.96. The molecular weight excluding hydrogens is 334 g/mol. The summed E-state index contributed by atoms with van der Waals surface area (Å²) in [6.07, 6.45) is -3.25. The van der Waals surface area contributed by atoms with Gasteiger partial charge in [-0.15, -0.1) is 0 Å². The van der Waals surface area contributed by atoms with Crippen LogP contribution in [0.4, 0.5) is 17.6 Å². The summed E-state index contributed by atoms with van der Waals surface area (Å²) in [4.78, 5) is 3.54. The van der Waals surface area contributed by atoms with Crippen molar-refractivity contribution in [1.82, 2.24) is 4.98 Å². The first-order chi connectivity index (χ1) is 11.9. The summed E-state index contributed by atoms with van der Waals surface area (Å²) in [6.45, 7) is 0.0665. The van der Waals surface area contributed by atoms with Crippen molar-refractivity contribution in [2.24, 2.45) is 0 Å². The number of ether oxygens (including phenoxy) is 1. The van der Waals surface area contributed by atoms with E-state index >= 15 is 0 Å². The minimum atomic E-state index is -4.52. The molecule has 1 aromatic heterocycles. The Hall–Kier alpha value is -2.89. The average molecular weight is 347 g/mol. The van der Waals surface area contributed by atoms with E-state index < -0.39 is 17.7 Å². The van der Waals surface area contributed by atoms with Gasteiger partial charge in [0.25, 0.3) is 0 Å². The molecule has 0 radical (unpaired) electrons. The number of hydrogen-bond donors (Lipinski definition) is 0. The molecule has 0 atom stereocenters. The number of pyridine rings is 1. The highest BCUT2D eigenvalue weighted by molar-refractivity contribution is 5.70. The van der Waals surface area contributed by atoms with Crippen LogP contribution < -0.4 is 4.74 Å². The maximum Gasteiger partial charge on any atom is 0.416 e. The van der Waals surface area contributed by atoms with Gasteiger partial charge in [0.05, 0.1) is 5.56 Å². The van der Waals surface area contributed by atoms with E-state index in [4.69, 9.17) is 4.74 Å². The van der Waals surface area contributed by atoms with Crippen molar-refractivity contribution in [3.8, 4) is 16.9 Å². The Morgan fingerprint density at radius 3 is 2.32 bits per heavy atom. The highest BCUT2D eigenvalue weighted by atomic mass is 19.4. The molecule has 0 fully saturated rings. The van der Waals surface area contributed by atoms with Crippen LogP contribution in [-0.2, 0) is 12.8 Å². The summed E-state index contributed by atoms with van der Waals surface area (Å²) in [7, 11) is 0. The summed E-state index contributed by atoms with van der Waals surface area (Å²) >= 11 is 0. The van der Waals surface area contributed by atoms with Crippen LogP contribution in [0, 0.1) is 5.95 Å². The van der Waals surface area contributed by atoms with Gasteiger partial charge in [-0.3, -0.25) is 0 Å². The minimum absolute atomic E-state index is 0.0504. The van der Waals surface area contributed by atoms with Crippen LogP contribution >= 0.6 is 0 Å². The molecular formula is C19H13F4NO. The monoisotopic (exact) mass is 347 g/mol. The normalized spacial score (nSPS) is 11.4. The van der Waals surface area contributed by atoms with Gasteiger partial charge in [-0.1, -0.05) is 30.3 Å². The minimum Gasteiger partial charge on any atom is -0.488 e. The SMILES string of the molecule is Fc1ncccc1-c1ccc(C(F)(F)F)cc1OCc1ccccc1. The third-order valence-electron chi connectivity index (χ3n) is 3.60. The molecule has 0 N–H and O–H groups in total. The van der Waals surface area contributed by atoms with Crippen LogP contribution in [0.3, 0.4) is 0 Å². The van der Waals surface area contributed by atoms with E-state index in [-0.39, 0.29) is 23.5 Å². The zero-order chi connectivity index (χ0) is 17.9. The van der Waals surface area contributed by atoms with Gasteiger partial charge in [0, 0.05) is 17.3 Å². The maximum absolute atomic E-state index is 14.0. The number of aromatic nitrogens is 1. The first-order valence-corrected chi connectivity index (χ1v) is 7.44. The molecule has 0 bridgehead atoms. The van der Waals surface area contributed by atoms with Crippen LogP contribution in [0.5, 0.6) is 5.75 Å². The summed E-state index contributed by atoms with van der Waals surface area (Å²) in [5.41, 5.74) is 0.231. The lowest BCUT2D eigenvalue weighted by Crippen LogP contribution is -2.06. The van der Waals surface area contributed by atoms with Crippen LogP contribution in [0.2, 0.25) is 0 Å². The molecule has 0 spiro atoms. The van der Waals surface area contributed by atoms with Gasteiger partial charge in [-0.25, -0.2) is 4.98 Å². The van der Waals surface area contributed by atoms with E-state index in [0.29, 0.717) is 0 Å². The molecule has 1 heterocycles. The van der Waals surface area contributed by atoms with Crippen molar-refractivity contribution in [2.75, 3.05) is 0 Å². The quantitative estimate of drug-likeness (QED) is 0.460. The third-order valence-corrected chi connectivity index (χ3v) is 3.60. The van der Waals surface area contributed by atoms with Crippen molar-refractivity contribution in [1.29, 1.82) is 0 Å². The lowest BCUT2D eigenvalue weighted by atomic mass is 10.0. The molecule has 3 aromatic rings. The summed E-state index contributed by atoms with van der Waals surface area (Å²) < 4.78 is 58.5. The van der Waals surface area contributed by atoms with Gasteiger partial charge in [0.2, 0.25) is 5.95 Å². The van der Waals surface area contributed by atoms with Gasteiger partial charge in [0.15, 0.2) is 0 Å². The molecule has 0 unspecified atom stereocenters. The Morgan fingerprint density at radius 1 is 0.880 bits per heavy atom. The topological polar surface area (TPSA) is 22.1 Å². The average Bonchev–Trinajstić information content (AvgIpc) is 2.60. The van der Waals surface area contributed by atoms with Crippen LogP contribution in [0.1, 0.15) is 11.1 Å². The molecule has 0 aliphatic carbocycles. The molecule has 0 aliphatic heterocycles. The first-order valence-electron chi connectivity index (χ1n) is 7.44. The fourth-order valence-corrected chi connectivity index (χ4v) is 2.36. The van der Waals surface area contributed by atoms with Gasteiger partial charge < -0.3 is 4.74 Å². The Kier molecular flexibility index (Phi) is 4.70. The largest absolute Gasteiger partial charge is 0.488 e. The van der Waals surface area contributed by atoms with Gasteiger partial charge in [-0.05, 0) is 35.9 Å². The standard InChI is InChI=1S/C19H13F4NO/c20-18-16(7-4-10-24-18)15-9-8-14(19(21,22)23)11-17(15)25-12-13-5-2-1-3-6-13/h1-11H,12H2. The van der Waals surface area contributed by atoms with Crippen LogP contribution in [-0.4, -0.2) is 4.98 Å². The molecule has 2 nitrogen and oxygen atoms in total. The number of halogens is 4. The van der Waals surface area contributed by atoms with E-state index in [1.807, 2.05) is 6.07 Å². The molecule has 0 saturated heterocycles. The Morgan fingerprint density at radius 2 is 1.64 bits per heavy atom. The highest BCUT2D eigenvalue weighted by Gasteiger charge is 2.31. The number of nitrogens with zero attached hydrogens (tertiary/aromatic N) is 1. The van der Waals surface area contributed by atoms with Crippen molar-refractivity contribution in [3.63, 3.8) is 0 Å². The van der Waals surface area contributed by atoms with Crippen LogP contribution in [0.15, 0.2) is 66.9 Å². The van der Waals surface area contributed by atoms with E-state index in [2.05, 4.69) is 4.98 Å². The van der Waals surface area contributed by atoms with Gasteiger partial charge in [0.1, 0.15) is 12.4 Å². The van der Waals surface area contributed by atoms with E-state index in [1.54, 1.807) is 24.3 Å². The highest BCUT2D eigenvalue weighted by Crippen LogP contribution is 2.38. The fourth-order valence-electron chi connectivity index (χ4n) is 2.36. The molecule has 2 aromatic carbocycles. The first kappa shape index (κ1) is 17.0. The van der Waals surface area contributed by atoms with Crippen molar-refractivity contribution in [2.45, 2.75) is 12.8 Å². The number of benzene rings is 2. The molecule has 0 amide bonds. The smallest absolute Gasteiger partial charge is 0.416 e. The number of alkyl halides is 3. The molecule has 0 aliphatic rings. The van der Waals surface area contributed by atoms with E-state index in [0.717, 1.165) is 17.7 Å². The van der Waals surface area contributed by atoms with Crippen molar-refractivity contribution < 1.29 is 22.3 Å². The lowest BCUT2D eigenvalue weighted by molar-refractivity contribution is -0.137. The summed E-state index contributed by atoms with van der Waals surface area (Å²) in [6, 6.07) is 14.9. The summed E-state index contributed by atoms with van der Waals surface area (Å²) in [5.74, 6) is -0.822. The number of hydrogen-bond acceptors (Lipinski definition) is 2. The predicted octanol–water partition coefficient (Wildman–Crippen LogP) is 5.49. The predicted molar refractivity (Wildman–Crippen MR) is 85.4 cm³/mol. The van der Waals surface area contributed by atoms with E-state index in [1.165, 1.54) is 24.4 Å². The second-order valence-corrected chi connectivity index (χ2v) is 5.32. The molecule has 6 heteroatoms. The Bertz CT molecular complexity index is 863. The second-order valence-electron chi connectivity index (χ2n) is 5.32.